The van der Waals surface area contributed by atoms with E-state index in [1.165, 1.54) is 11.1 Å². The number of ether oxygens (including phenoxy) is 1. The van der Waals surface area contributed by atoms with Gasteiger partial charge in [0.25, 0.3) is 0 Å². The maximum Gasteiger partial charge on any atom is 0.131 e. The predicted octanol–water partition coefficient (Wildman–Crippen LogP) is 3.06. The van der Waals surface area contributed by atoms with Crippen LogP contribution < -0.4 is 10.1 Å². The fraction of sp³-hybridized carbons (Fsp3) is 0.357. The monoisotopic (exact) mass is 262 g/mol. The molecule has 0 aliphatic carbocycles. The van der Waals surface area contributed by atoms with E-state index < -0.39 is 0 Å². The van der Waals surface area contributed by atoms with Gasteiger partial charge in [0.2, 0.25) is 0 Å². The van der Waals surface area contributed by atoms with Gasteiger partial charge < -0.3 is 10.1 Å². The van der Waals surface area contributed by atoms with E-state index in [0.717, 1.165) is 23.0 Å². The zero-order chi connectivity index (χ0) is 13.0. The molecular weight excluding hydrogens is 244 g/mol. The number of hydrogen-bond donors (Lipinski definition) is 1. The van der Waals surface area contributed by atoms with Crippen LogP contribution in [0.25, 0.3) is 0 Å². The molecule has 0 aliphatic heterocycles. The van der Waals surface area contributed by atoms with Crippen molar-refractivity contribution in [3.8, 4) is 5.75 Å². The highest BCUT2D eigenvalue weighted by molar-refractivity contribution is 7.09. The lowest BCUT2D eigenvalue weighted by Gasteiger charge is -2.08. The topological polar surface area (TPSA) is 34.2 Å². The van der Waals surface area contributed by atoms with Gasteiger partial charge in [-0.25, -0.2) is 4.98 Å². The Hall–Kier alpha value is -1.39. The summed E-state index contributed by atoms with van der Waals surface area (Å²) in [5.74, 6) is 0.934. The Labute approximate surface area is 112 Å². The first-order chi connectivity index (χ1) is 8.69. The van der Waals surface area contributed by atoms with Crippen LogP contribution in [0.15, 0.2) is 23.6 Å². The van der Waals surface area contributed by atoms with Crippen molar-refractivity contribution in [3.63, 3.8) is 0 Å². The summed E-state index contributed by atoms with van der Waals surface area (Å²) in [6.45, 7) is 5.50. The summed E-state index contributed by atoms with van der Waals surface area (Å²) in [4.78, 5) is 4.49. The summed E-state index contributed by atoms with van der Waals surface area (Å²) in [6, 6.07) is 6.21. The molecule has 0 saturated carbocycles. The summed E-state index contributed by atoms with van der Waals surface area (Å²) >= 11 is 1.66. The maximum absolute atomic E-state index is 5.79. The van der Waals surface area contributed by atoms with Gasteiger partial charge >= 0.3 is 0 Å². The molecule has 2 rings (SSSR count). The van der Waals surface area contributed by atoms with Gasteiger partial charge in [-0.1, -0.05) is 17.7 Å². The highest BCUT2D eigenvalue weighted by Gasteiger charge is 2.04. The average Bonchev–Trinajstić information content (AvgIpc) is 2.76. The molecule has 4 heteroatoms. The molecule has 3 nitrogen and oxygen atoms in total. The minimum Gasteiger partial charge on any atom is -0.487 e. The Balaban J connectivity index is 1.97. The minimum atomic E-state index is 0.532. The zero-order valence-electron chi connectivity index (χ0n) is 11.0. The van der Waals surface area contributed by atoms with Gasteiger partial charge in [-0.2, -0.15) is 0 Å². The van der Waals surface area contributed by atoms with Crippen LogP contribution in [0.4, 0.5) is 0 Å². The van der Waals surface area contributed by atoms with Crippen LogP contribution in [0, 0.1) is 13.8 Å². The Morgan fingerprint density at radius 1 is 1.33 bits per heavy atom. The molecule has 96 valence electrons. The van der Waals surface area contributed by atoms with Crippen LogP contribution in [-0.4, -0.2) is 12.0 Å². The number of benzene rings is 1. The van der Waals surface area contributed by atoms with Crippen molar-refractivity contribution in [2.45, 2.75) is 27.0 Å². The quantitative estimate of drug-likeness (QED) is 0.899. The molecule has 0 atom stereocenters. The highest BCUT2D eigenvalue weighted by atomic mass is 32.1. The number of aromatic nitrogens is 1. The molecule has 18 heavy (non-hydrogen) atoms. The molecule has 0 fully saturated rings. The van der Waals surface area contributed by atoms with E-state index in [4.69, 9.17) is 4.74 Å². The SMILES string of the molecule is CNCc1nc(COc2ccc(C)cc2C)cs1. The summed E-state index contributed by atoms with van der Waals surface area (Å²) in [5.41, 5.74) is 3.41. The van der Waals surface area contributed by atoms with Crippen molar-refractivity contribution in [3.05, 3.63) is 45.4 Å². The van der Waals surface area contributed by atoms with Crippen LogP contribution in [0.3, 0.4) is 0 Å². The van der Waals surface area contributed by atoms with E-state index in [1.54, 1.807) is 11.3 Å². The normalized spacial score (nSPS) is 10.6. The van der Waals surface area contributed by atoms with Gasteiger partial charge in [0.1, 0.15) is 17.4 Å². The van der Waals surface area contributed by atoms with Crippen LogP contribution in [0.5, 0.6) is 5.75 Å². The standard InChI is InChI=1S/C14H18N2OS/c1-10-4-5-13(11(2)6-10)17-8-12-9-18-14(16-12)7-15-3/h4-6,9,15H,7-8H2,1-3H3. The Morgan fingerprint density at radius 3 is 2.89 bits per heavy atom. The fourth-order valence-corrected chi connectivity index (χ4v) is 2.55. The third-order valence-electron chi connectivity index (χ3n) is 2.63. The molecule has 0 spiro atoms. The van der Waals surface area contributed by atoms with Crippen LogP contribution in [-0.2, 0) is 13.2 Å². The molecule has 0 bridgehead atoms. The van der Waals surface area contributed by atoms with Gasteiger partial charge in [-0.3, -0.25) is 0 Å². The van der Waals surface area contributed by atoms with Gasteiger partial charge in [-0.15, -0.1) is 11.3 Å². The van der Waals surface area contributed by atoms with E-state index in [1.807, 2.05) is 13.1 Å². The molecule has 0 saturated heterocycles. The van der Waals surface area contributed by atoms with Crippen molar-refractivity contribution in [1.29, 1.82) is 0 Å². The third-order valence-corrected chi connectivity index (χ3v) is 3.53. The summed E-state index contributed by atoms with van der Waals surface area (Å²) in [5, 5.41) is 6.24. The van der Waals surface area contributed by atoms with E-state index in [0.29, 0.717) is 6.61 Å². The molecule has 2 aromatic rings. The number of nitrogens with zero attached hydrogens (tertiary/aromatic N) is 1. The second-order valence-corrected chi connectivity index (χ2v) is 5.26. The number of hydrogen-bond acceptors (Lipinski definition) is 4. The number of nitrogens with one attached hydrogen (secondary N) is 1. The lowest BCUT2D eigenvalue weighted by Crippen LogP contribution is -2.05. The molecule has 1 heterocycles. The van der Waals surface area contributed by atoms with Crippen LogP contribution >= 0.6 is 11.3 Å². The van der Waals surface area contributed by atoms with E-state index in [9.17, 15) is 0 Å². The molecular formula is C14H18N2OS. The first kappa shape index (κ1) is 13.1. The first-order valence-corrected chi connectivity index (χ1v) is 6.85. The largest absolute Gasteiger partial charge is 0.487 e. The van der Waals surface area contributed by atoms with Gasteiger partial charge in [0.15, 0.2) is 0 Å². The molecule has 0 radical (unpaired) electrons. The highest BCUT2D eigenvalue weighted by Crippen LogP contribution is 2.20. The third kappa shape index (κ3) is 3.31. The number of aryl methyl sites for hydroxylation is 2. The summed E-state index contributed by atoms with van der Waals surface area (Å²) in [6.07, 6.45) is 0. The molecule has 0 aliphatic rings. The summed E-state index contributed by atoms with van der Waals surface area (Å²) < 4.78 is 5.79. The Morgan fingerprint density at radius 2 is 2.17 bits per heavy atom. The molecule has 0 amide bonds. The van der Waals surface area contributed by atoms with Crippen LogP contribution in [0.1, 0.15) is 21.8 Å². The molecule has 0 unspecified atom stereocenters. The van der Waals surface area contributed by atoms with Gasteiger partial charge in [-0.05, 0) is 32.5 Å². The second-order valence-electron chi connectivity index (χ2n) is 4.32. The van der Waals surface area contributed by atoms with Crippen molar-refractivity contribution < 1.29 is 4.74 Å². The lowest BCUT2D eigenvalue weighted by atomic mass is 10.1. The van der Waals surface area contributed by atoms with E-state index in [-0.39, 0.29) is 0 Å². The Bertz CT molecular complexity index is 522. The van der Waals surface area contributed by atoms with Crippen molar-refractivity contribution in [2.24, 2.45) is 0 Å². The lowest BCUT2D eigenvalue weighted by molar-refractivity contribution is 0.299. The molecule has 1 aromatic carbocycles. The molecule has 1 aromatic heterocycles. The average molecular weight is 262 g/mol. The van der Waals surface area contributed by atoms with Crippen molar-refractivity contribution in [1.82, 2.24) is 10.3 Å². The Kier molecular flexibility index (Phi) is 4.33. The van der Waals surface area contributed by atoms with E-state index >= 15 is 0 Å². The van der Waals surface area contributed by atoms with E-state index in [2.05, 4.69) is 41.7 Å². The van der Waals surface area contributed by atoms with Gasteiger partial charge in [0.05, 0.1) is 5.69 Å². The van der Waals surface area contributed by atoms with Gasteiger partial charge in [0, 0.05) is 11.9 Å². The smallest absolute Gasteiger partial charge is 0.131 e. The van der Waals surface area contributed by atoms with Crippen molar-refractivity contribution in [2.75, 3.05) is 7.05 Å². The number of thiazole rings is 1. The first-order valence-electron chi connectivity index (χ1n) is 5.97. The predicted molar refractivity (Wildman–Crippen MR) is 75.1 cm³/mol. The summed E-state index contributed by atoms with van der Waals surface area (Å²) in [7, 11) is 1.92. The second kappa shape index (κ2) is 5.98. The number of rotatable bonds is 5. The maximum atomic E-state index is 5.79. The fourth-order valence-electron chi connectivity index (χ4n) is 1.76. The minimum absolute atomic E-state index is 0.532. The zero-order valence-corrected chi connectivity index (χ0v) is 11.8. The van der Waals surface area contributed by atoms with Crippen molar-refractivity contribution >= 4 is 11.3 Å². The molecule has 1 N–H and O–H groups in total. The van der Waals surface area contributed by atoms with Crippen LogP contribution in [0.2, 0.25) is 0 Å².